The summed E-state index contributed by atoms with van der Waals surface area (Å²) in [5.74, 6) is 1.42. The zero-order valence-corrected chi connectivity index (χ0v) is 14.7. The van der Waals surface area contributed by atoms with Crippen LogP contribution in [0.15, 0.2) is 24.5 Å². The van der Waals surface area contributed by atoms with Crippen LogP contribution >= 0.6 is 0 Å². The first-order chi connectivity index (χ1) is 12.8. The number of hydrogen-bond donors (Lipinski definition) is 1. The van der Waals surface area contributed by atoms with Gasteiger partial charge in [-0.1, -0.05) is 0 Å². The molecule has 3 rings (SSSR count). The average molecular weight is 358 g/mol. The van der Waals surface area contributed by atoms with Crippen molar-refractivity contribution in [2.75, 3.05) is 38.3 Å². The Morgan fingerprint density at radius 2 is 2.00 bits per heavy atom. The number of amides is 1. The standard InChI is InChI=1S/C17H22N6O3/c1-25-15-6-5-13(21-22-15)17(24)18-7-10-26-16-11-14(19-12-20-16)23-8-3-2-4-9-23/h5-6,11-12H,2-4,7-10H2,1H3,(H,18,24). The van der Waals surface area contributed by atoms with Crippen LogP contribution in [0.4, 0.5) is 5.82 Å². The smallest absolute Gasteiger partial charge is 0.271 e. The van der Waals surface area contributed by atoms with Crippen LogP contribution in [0.1, 0.15) is 29.8 Å². The molecule has 0 spiro atoms. The summed E-state index contributed by atoms with van der Waals surface area (Å²) in [4.78, 5) is 22.6. The third-order valence-electron chi connectivity index (χ3n) is 4.03. The first-order valence-corrected chi connectivity index (χ1v) is 8.62. The van der Waals surface area contributed by atoms with Gasteiger partial charge < -0.3 is 19.7 Å². The molecule has 1 aliphatic heterocycles. The van der Waals surface area contributed by atoms with Crippen LogP contribution in [0.5, 0.6) is 11.8 Å². The average Bonchev–Trinajstić information content (AvgIpc) is 2.72. The van der Waals surface area contributed by atoms with Gasteiger partial charge in [-0.15, -0.1) is 10.2 Å². The van der Waals surface area contributed by atoms with E-state index in [1.54, 1.807) is 12.1 Å². The summed E-state index contributed by atoms with van der Waals surface area (Å²) < 4.78 is 10.5. The van der Waals surface area contributed by atoms with Crippen LogP contribution in [0.2, 0.25) is 0 Å². The van der Waals surface area contributed by atoms with Gasteiger partial charge in [-0.2, -0.15) is 0 Å². The largest absolute Gasteiger partial charge is 0.480 e. The van der Waals surface area contributed by atoms with Gasteiger partial charge in [0.25, 0.3) is 5.91 Å². The van der Waals surface area contributed by atoms with Crippen molar-refractivity contribution in [3.63, 3.8) is 0 Å². The summed E-state index contributed by atoms with van der Waals surface area (Å²) in [6.07, 6.45) is 5.13. The second-order valence-corrected chi connectivity index (χ2v) is 5.83. The third kappa shape index (κ3) is 4.78. The van der Waals surface area contributed by atoms with Gasteiger partial charge in [0, 0.05) is 25.2 Å². The van der Waals surface area contributed by atoms with E-state index in [0.717, 1.165) is 18.9 Å². The van der Waals surface area contributed by atoms with Gasteiger partial charge in [0.15, 0.2) is 5.69 Å². The second kappa shape index (κ2) is 8.93. The number of piperidine rings is 1. The predicted octanol–water partition coefficient (Wildman–Crippen LogP) is 1.07. The minimum Gasteiger partial charge on any atom is -0.480 e. The number of carbonyl (C=O) groups excluding carboxylic acids is 1. The lowest BCUT2D eigenvalue weighted by Gasteiger charge is -2.27. The highest BCUT2D eigenvalue weighted by Gasteiger charge is 2.13. The Kier molecular flexibility index (Phi) is 6.13. The van der Waals surface area contributed by atoms with Crippen LogP contribution in [0.3, 0.4) is 0 Å². The van der Waals surface area contributed by atoms with E-state index < -0.39 is 0 Å². The van der Waals surface area contributed by atoms with E-state index in [9.17, 15) is 4.79 Å². The predicted molar refractivity (Wildman–Crippen MR) is 94.5 cm³/mol. The Hall–Kier alpha value is -2.97. The summed E-state index contributed by atoms with van der Waals surface area (Å²) in [6.45, 7) is 2.65. The van der Waals surface area contributed by atoms with Crippen molar-refractivity contribution in [3.8, 4) is 11.8 Å². The van der Waals surface area contributed by atoms with E-state index in [1.165, 1.54) is 32.7 Å². The third-order valence-corrected chi connectivity index (χ3v) is 4.03. The van der Waals surface area contributed by atoms with Gasteiger partial charge in [0.05, 0.1) is 13.7 Å². The van der Waals surface area contributed by atoms with Crippen molar-refractivity contribution in [2.24, 2.45) is 0 Å². The maximum atomic E-state index is 12.0. The van der Waals surface area contributed by atoms with Crippen molar-refractivity contribution < 1.29 is 14.3 Å². The molecule has 2 aromatic rings. The van der Waals surface area contributed by atoms with Gasteiger partial charge in [-0.25, -0.2) is 9.97 Å². The Labute approximate surface area is 151 Å². The number of nitrogens with zero attached hydrogens (tertiary/aromatic N) is 5. The molecule has 26 heavy (non-hydrogen) atoms. The molecule has 138 valence electrons. The Morgan fingerprint density at radius 3 is 2.73 bits per heavy atom. The fraction of sp³-hybridized carbons (Fsp3) is 0.471. The Bertz CT molecular complexity index is 719. The normalized spacial score (nSPS) is 14.0. The summed E-state index contributed by atoms with van der Waals surface area (Å²) in [5.41, 5.74) is 0.222. The fourth-order valence-corrected chi connectivity index (χ4v) is 2.67. The summed E-state index contributed by atoms with van der Waals surface area (Å²) >= 11 is 0. The molecular formula is C17H22N6O3. The lowest BCUT2D eigenvalue weighted by molar-refractivity contribution is 0.0940. The number of methoxy groups -OCH3 is 1. The number of ether oxygens (including phenoxy) is 2. The molecule has 0 aromatic carbocycles. The van der Waals surface area contributed by atoms with Crippen molar-refractivity contribution in [1.29, 1.82) is 0 Å². The highest BCUT2D eigenvalue weighted by Crippen LogP contribution is 2.19. The van der Waals surface area contributed by atoms with Gasteiger partial charge >= 0.3 is 0 Å². The Morgan fingerprint density at radius 1 is 1.15 bits per heavy atom. The van der Waals surface area contributed by atoms with Crippen LogP contribution in [0, 0.1) is 0 Å². The summed E-state index contributed by atoms with van der Waals surface area (Å²) in [5, 5.41) is 10.3. The van der Waals surface area contributed by atoms with Crippen molar-refractivity contribution in [3.05, 3.63) is 30.2 Å². The molecule has 1 aliphatic rings. The topological polar surface area (TPSA) is 102 Å². The molecular weight excluding hydrogens is 336 g/mol. The quantitative estimate of drug-likeness (QED) is 0.734. The maximum absolute atomic E-state index is 12.0. The van der Waals surface area contributed by atoms with Crippen molar-refractivity contribution in [1.82, 2.24) is 25.5 Å². The van der Waals surface area contributed by atoms with Gasteiger partial charge in [0.1, 0.15) is 18.8 Å². The molecule has 0 aliphatic carbocycles. The van der Waals surface area contributed by atoms with E-state index in [1.807, 2.05) is 6.07 Å². The molecule has 1 fully saturated rings. The first-order valence-electron chi connectivity index (χ1n) is 8.62. The number of anilines is 1. The number of rotatable bonds is 7. The van der Waals surface area contributed by atoms with E-state index >= 15 is 0 Å². The highest BCUT2D eigenvalue weighted by atomic mass is 16.5. The molecule has 0 radical (unpaired) electrons. The molecule has 0 bridgehead atoms. The monoisotopic (exact) mass is 358 g/mol. The maximum Gasteiger partial charge on any atom is 0.271 e. The number of aromatic nitrogens is 4. The van der Waals surface area contributed by atoms with Crippen LogP contribution in [-0.2, 0) is 0 Å². The molecule has 1 saturated heterocycles. The minimum absolute atomic E-state index is 0.222. The van der Waals surface area contributed by atoms with Crippen molar-refractivity contribution in [2.45, 2.75) is 19.3 Å². The fourth-order valence-electron chi connectivity index (χ4n) is 2.67. The van der Waals surface area contributed by atoms with Gasteiger partial charge in [-0.05, 0) is 25.3 Å². The van der Waals surface area contributed by atoms with Crippen molar-refractivity contribution >= 4 is 11.7 Å². The van der Waals surface area contributed by atoms with Gasteiger partial charge in [0.2, 0.25) is 11.8 Å². The number of hydrogen-bond acceptors (Lipinski definition) is 8. The van der Waals surface area contributed by atoms with E-state index in [2.05, 4.69) is 30.4 Å². The number of nitrogens with one attached hydrogen (secondary N) is 1. The molecule has 1 N–H and O–H groups in total. The van der Waals surface area contributed by atoms with Gasteiger partial charge in [-0.3, -0.25) is 4.79 Å². The minimum atomic E-state index is -0.319. The molecule has 9 heteroatoms. The first kappa shape index (κ1) is 17.8. The molecule has 2 aromatic heterocycles. The lowest BCUT2D eigenvalue weighted by Crippen LogP contribution is -2.30. The van der Waals surface area contributed by atoms with Crippen LogP contribution in [-0.4, -0.2) is 59.4 Å². The molecule has 3 heterocycles. The summed E-state index contributed by atoms with van der Waals surface area (Å²) in [7, 11) is 1.49. The van der Waals surface area contributed by atoms with E-state index in [0.29, 0.717) is 24.9 Å². The van der Waals surface area contributed by atoms with E-state index in [-0.39, 0.29) is 11.6 Å². The molecule has 1 amide bonds. The Balaban J connectivity index is 1.45. The summed E-state index contributed by atoms with van der Waals surface area (Å²) in [6, 6.07) is 4.97. The highest BCUT2D eigenvalue weighted by molar-refractivity contribution is 5.92. The second-order valence-electron chi connectivity index (χ2n) is 5.83. The SMILES string of the molecule is COc1ccc(C(=O)NCCOc2cc(N3CCCCC3)ncn2)nn1. The lowest BCUT2D eigenvalue weighted by atomic mass is 10.1. The zero-order valence-electron chi connectivity index (χ0n) is 14.7. The van der Waals surface area contributed by atoms with E-state index in [4.69, 9.17) is 9.47 Å². The molecule has 0 unspecified atom stereocenters. The van der Waals surface area contributed by atoms with Crippen LogP contribution in [0.25, 0.3) is 0 Å². The molecule has 0 atom stereocenters. The number of carbonyl (C=O) groups is 1. The zero-order chi connectivity index (χ0) is 18.2. The molecule has 9 nitrogen and oxygen atoms in total. The molecule has 0 saturated carbocycles. The van der Waals surface area contributed by atoms with Crippen LogP contribution < -0.4 is 19.7 Å².